The molecule has 4 nitrogen and oxygen atoms in total. The first kappa shape index (κ1) is 13.3. The SMILES string of the molecule is COc1ccc(C2OCC[C@H](CCCN)O2)cc1. The Bertz CT molecular complexity index is 353. The lowest BCUT2D eigenvalue weighted by molar-refractivity contribution is -0.218. The first-order valence-electron chi connectivity index (χ1n) is 6.44. The summed E-state index contributed by atoms with van der Waals surface area (Å²) in [6, 6.07) is 7.81. The molecule has 0 spiro atoms. The maximum absolute atomic E-state index is 5.93. The molecule has 4 heteroatoms. The summed E-state index contributed by atoms with van der Waals surface area (Å²) < 4.78 is 16.7. The molecular weight excluding hydrogens is 230 g/mol. The van der Waals surface area contributed by atoms with Gasteiger partial charge in [-0.3, -0.25) is 0 Å². The van der Waals surface area contributed by atoms with Crippen molar-refractivity contribution in [1.29, 1.82) is 0 Å². The average Bonchev–Trinajstić information content (AvgIpc) is 2.45. The van der Waals surface area contributed by atoms with Crippen molar-refractivity contribution in [3.8, 4) is 5.75 Å². The minimum Gasteiger partial charge on any atom is -0.497 e. The number of benzene rings is 1. The third-order valence-electron chi connectivity index (χ3n) is 3.14. The summed E-state index contributed by atoms with van der Waals surface area (Å²) in [5.74, 6) is 0.842. The van der Waals surface area contributed by atoms with Crippen molar-refractivity contribution in [1.82, 2.24) is 0 Å². The first-order chi connectivity index (χ1) is 8.83. The molecule has 2 rings (SSSR count). The third kappa shape index (κ3) is 3.45. The molecule has 0 aromatic heterocycles. The van der Waals surface area contributed by atoms with Gasteiger partial charge in [-0.2, -0.15) is 0 Å². The predicted octanol–water partition coefficient (Wildman–Crippen LogP) is 2.24. The number of methoxy groups -OCH3 is 1. The van der Waals surface area contributed by atoms with Crippen molar-refractivity contribution in [2.75, 3.05) is 20.3 Å². The van der Waals surface area contributed by atoms with Crippen molar-refractivity contribution >= 4 is 0 Å². The van der Waals surface area contributed by atoms with E-state index in [2.05, 4.69) is 0 Å². The molecule has 18 heavy (non-hydrogen) atoms. The molecule has 1 saturated heterocycles. The molecule has 1 aromatic rings. The molecule has 0 radical (unpaired) electrons. The quantitative estimate of drug-likeness (QED) is 0.872. The maximum Gasteiger partial charge on any atom is 0.184 e. The van der Waals surface area contributed by atoms with Gasteiger partial charge in [-0.05, 0) is 37.9 Å². The Balaban J connectivity index is 1.94. The average molecular weight is 251 g/mol. The standard InChI is InChI=1S/C14H21NO3/c1-16-12-6-4-11(5-7-12)14-17-10-8-13(18-14)3-2-9-15/h4-7,13-14H,2-3,8-10,15H2,1H3/t13-,14?/m0/s1. The largest absolute Gasteiger partial charge is 0.497 e. The highest BCUT2D eigenvalue weighted by Crippen LogP contribution is 2.28. The van der Waals surface area contributed by atoms with Crippen LogP contribution < -0.4 is 10.5 Å². The van der Waals surface area contributed by atoms with Gasteiger partial charge in [0.05, 0.1) is 19.8 Å². The lowest BCUT2D eigenvalue weighted by Gasteiger charge is -2.30. The van der Waals surface area contributed by atoms with Crippen molar-refractivity contribution in [2.45, 2.75) is 31.7 Å². The Morgan fingerprint density at radius 1 is 1.33 bits per heavy atom. The fourth-order valence-electron chi connectivity index (χ4n) is 2.08. The Morgan fingerprint density at radius 3 is 2.78 bits per heavy atom. The zero-order chi connectivity index (χ0) is 12.8. The van der Waals surface area contributed by atoms with Crippen LogP contribution in [0.2, 0.25) is 0 Å². The summed E-state index contributed by atoms with van der Waals surface area (Å²) in [6.45, 7) is 1.46. The molecule has 1 unspecified atom stereocenters. The summed E-state index contributed by atoms with van der Waals surface area (Å²) in [6.07, 6.45) is 2.96. The topological polar surface area (TPSA) is 53.7 Å². The molecule has 0 bridgehead atoms. The monoisotopic (exact) mass is 251 g/mol. The Hall–Kier alpha value is -1.10. The maximum atomic E-state index is 5.93. The van der Waals surface area contributed by atoms with Gasteiger partial charge in [-0.1, -0.05) is 12.1 Å². The zero-order valence-corrected chi connectivity index (χ0v) is 10.8. The molecule has 2 atom stereocenters. The van der Waals surface area contributed by atoms with E-state index in [9.17, 15) is 0 Å². The molecule has 1 fully saturated rings. The Kier molecular flexibility index (Phi) is 4.99. The second-order valence-electron chi connectivity index (χ2n) is 4.45. The van der Waals surface area contributed by atoms with Crippen LogP contribution in [0.1, 0.15) is 31.1 Å². The number of hydrogen-bond donors (Lipinski definition) is 1. The molecule has 0 aliphatic carbocycles. The minimum atomic E-state index is -0.257. The number of rotatable bonds is 5. The van der Waals surface area contributed by atoms with Crippen LogP contribution in [0.25, 0.3) is 0 Å². The number of hydrogen-bond acceptors (Lipinski definition) is 4. The summed E-state index contributed by atoms with van der Waals surface area (Å²) in [7, 11) is 1.66. The van der Waals surface area contributed by atoms with E-state index in [4.69, 9.17) is 19.9 Å². The van der Waals surface area contributed by atoms with Gasteiger partial charge in [0, 0.05) is 5.56 Å². The molecule has 0 saturated carbocycles. The van der Waals surface area contributed by atoms with Crippen LogP contribution in [0.4, 0.5) is 0 Å². The predicted molar refractivity (Wildman–Crippen MR) is 69.5 cm³/mol. The van der Waals surface area contributed by atoms with E-state index in [0.717, 1.165) is 37.2 Å². The molecule has 1 heterocycles. The van der Waals surface area contributed by atoms with Crippen molar-refractivity contribution in [3.05, 3.63) is 29.8 Å². The van der Waals surface area contributed by atoms with E-state index in [1.807, 2.05) is 24.3 Å². The van der Waals surface area contributed by atoms with Crippen LogP contribution in [0.15, 0.2) is 24.3 Å². The Morgan fingerprint density at radius 2 is 2.11 bits per heavy atom. The Labute approximate surface area is 108 Å². The minimum absolute atomic E-state index is 0.257. The molecule has 1 aliphatic rings. The van der Waals surface area contributed by atoms with Gasteiger partial charge in [0.25, 0.3) is 0 Å². The van der Waals surface area contributed by atoms with E-state index in [-0.39, 0.29) is 12.4 Å². The molecule has 1 aromatic carbocycles. The van der Waals surface area contributed by atoms with Crippen LogP contribution in [0.3, 0.4) is 0 Å². The van der Waals surface area contributed by atoms with E-state index in [1.165, 1.54) is 0 Å². The lowest BCUT2D eigenvalue weighted by Crippen LogP contribution is -2.27. The normalized spacial score (nSPS) is 23.9. The van der Waals surface area contributed by atoms with Crippen LogP contribution in [0, 0.1) is 0 Å². The van der Waals surface area contributed by atoms with Crippen LogP contribution in [-0.2, 0) is 9.47 Å². The lowest BCUT2D eigenvalue weighted by atomic mass is 10.1. The highest BCUT2D eigenvalue weighted by Gasteiger charge is 2.23. The smallest absolute Gasteiger partial charge is 0.184 e. The fraction of sp³-hybridized carbons (Fsp3) is 0.571. The van der Waals surface area contributed by atoms with E-state index < -0.39 is 0 Å². The van der Waals surface area contributed by atoms with Gasteiger partial charge in [0.1, 0.15) is 5.75 Å². The van der Waals surface area contributed by atoms with Crippen molar-refractivity contribution in [2.24, 2.45) is 5.73 Å². The summed E-state index contributed by atoms with van der Waals surface area (Å²) in [5.41, 5.74) is 6.56. The molecule has 0 amide bonds. The molecule has 2 N–H and O–H groups in total. The molecular formula is C14H21NO3. The highest BCUT2D eigenvalue weighted by molar-refractivity contribution is 5.27. The van der Waals surface area contributed by atoms with Crippen LogP contribution in [0.5, 0.6) is 5.75 Å². The summed E-state index contributed by atoms with van der Waals surface area (Å²) in [4.78, 5) is 0. The molecule has 1 aliphatic heterocycles. The van der Waals surface area contributed by atoms with Gasteiger partial charge in [-0.25, -0.2) is 0 Å². The van der Waals surface area contributed by atoms with Gasteiger partial charge in [0.2, 0.25) is 0 Å². The highest BCUT2D eigenvalue weighted by atomic mass is 16.7. The van der Waals surface area contributed by atoms with Gasteiger partial charge >= 0.3 is 0 Å². The van der Waals surface area contributed by atoms with Crippen LogP contribution >= 0.6 is 0 Å². The van der Waals surface area contributed by atoms with E-state index in [0.29, 0.717) is 6.54 Å². The third-order valence-corrected chi connectivity index (χ3v) is 3.14. The van der Waals surface area contributed by atoms with Crippen LogP contribution in [-0.4, -0.2) is 26.4 Å². The second-order valence-corrected chi connectivity index (χ2v) is 4.45. The first-order valence-corrected chi connectivity index (χ1v) is 6.44. The van der Waals surface area contributed by atoms with Gasteiger partial charge < -0.3 is 19.9 Å². The van der Waals surface area contributed by atoms with Crippen molar-refractivity contribution in [3.63, 3.8) is 0 Å². The van der Waals surface area contributed by atoms with Gasteiger partial charge in [0.15, 0.2) is 6.29 Å². The van der Waals surface area contributed by atoms with Gasteiger partial charge in [-0.15, -0.1) is 0 Å². The van der Waals surface area contributed by atoms with Crippen molar-refractivity contribution < 1.29 is 14.2 Å². The second kappa shape index (κ2) is 6.73. The van der Waals surface area contributed by atoms with E-state index >= 15 is 0 Å². The summed E-state index contributed by atoms with van der Waals surface area (Å²) in [5, 5.41) is 0. The van der Waals surface area contributed by atoms with E-state index in [1.54, 1.807) is 7.11 Å². The number of nitrogens with two attached hydrogens (primary N) is 1. The fourth-order valence-corrected chi connectivity index (χ4v) is 2.08. The summed E-state index contributed by atoms with van der Waals surface area (Å²) >= 11 is 0. The molecule has 100 valence electrons. The zero-order valence-electron chi connectivity index (χ0n) is 10.8. The number of ether oxygens (including phenoxy) is 3.